The minimum absolute atomic E-state index is 0.0820. The van der Waals surface area contributed by atoms with E-state index in [-0.39, 0.29) is 12.6 Å². The number of hydrogen-bond acceptors (Lipinski definition) is 5. The van der Waals surface area contributed by atoms with E-state index in [2.05, 4.69) is 22.2 Å². The van der Waals surface area contributed by atoms with Crippen molar-refractivity contribution in [2.45, 2.75) is 26.1 Å². The maximum absolute atomic E-state index is 9.36. The number of nitrogens with one attached hydrogen (secondary N) is 3. The average Bonchev–Trinajstić information content (AvgIpc) is 3.16. The zero-order chi connectivity index (χ0) is 15.4. The van der Waals surface area contributed by atoms with Gasteiger partial charge in [0.1, 0.15) is 11.5 Å². The molecule has 2 heterocycles. The van der Waals surface area contributed by atoms with Gasteiger partial charge < -0.3 is 14.8 Å². The molecule has 2 atom stereocenters. The molecule has 1 fully saturated rings. The molecule has 5 nitrogen and oxygen atoms in total. The topological polar surface area (TPSA) is 69.5 Å². The maximum Gasteiger partial charge on any atom is 0.122 e. The van der Waals surface area contributed by atoms with Crippen molar-refractivity contribution in [3.63, 3.8) is 0 Å². The lowest BCUT2D eigenvalue weighted by atomic mass is 9.99. The monoisotopic (exact) mass is 301 g/mol. The Balaban J connectivity index is 1.56. The molecule has 1 aromatic heterocycles. The van der Waals surface area contributed by atoms with E-state index in [4.69, 9.17) is 4.42 Å². The van der Waals surface area contributed by atoms with Crippen molar-refractivity contribution in [1.82, 2.24) is 16.2 Å². The third-order valence-corrected chi connectivity index (χ3v) is 4.17. The molecule has 1 aliphatic rings. The summed E-state index contributed by atoms with van der Waals surface area (Å²) >= 11 is 0. The minimum atomic E-state index is 0.0820. The Morgan fingerprint density at radius 2 is 2.05 bits per heavy atom. The van der Waals surface area contributed by atoms with Crippen LogP contribution in [0.2, 0.25) is 0 Å². The summed E-state index contributed by atoms with van der Waals surface area (Å²) in [6, 6.07) is 12.2. The van der Waals surface area contributed by atoms with Gasteiger partial charge in [0.05, 0.1) is 12.6 Å². The van der Waals surface area contributed by atoms with Crippen LogP contribution in [0.25, 0.3) is 0 Å². The van der Waals surface area contributed by atoms with Crippen LogP contribution in [0.15, 0.2) is 40.8 Å². The summed E-state index contributed by atoms with van der Waals surface area (Å²) in [6.45, 7) is 4.59. The number of aryl methyl sites for hydroxylation is 1. The standard InChI is InChI=1S/C17H23N3O2/c1-12-6-7-16(22-12)17-15(10-19-20-17)9-18-8-13-4-2-3-5-14(13)11-21/h2-7,15,17-21H,8-11H2,1H3. The van der Waals surface area contributed by atoms with E-state index in [1.54, 1.807) is 0 Å². The number of benzene rings is 1. The first kappa shape index (κ1) is 15.2. The Bertz CT molecular complexity index is 611. The SMILES string of the molecule is Cc1ccc(C2NNCC2CNCc2ccccc2CO)o1. The largest absolute Gasteiger partial charge is 0.465 e. The lowest BCUT2D eigenvalue weighted by molar-refractivity contribution is 0.280. The molecular weight excluding hydrogens is 278 g/mol. The van der Waals surface area contributed by atoms with Gasteiger partial charge in [0.15, 0.2) is 0 Å². The second-order valence-corrected chi connectivity index (χ2v) is 5.77. The van der Waals surface area contributed by atoms with Gasteiger partial charge in [-0.15, -0.1) is 0 Å². The Hall–Kier alpha value is -1.66. The fraction of sp³-hybridized carbons (Fsp3) is 0.412. The summed E-state index contributed by atoms with van der Waals surface area (Å²) in [7, 11) is 0. The van der Waals surface area contributed by atoms with Crippen molar-refractivity contribution < 1.29 is 9.52 Å². The van der Waals surface area contributed by atoms with Crippen LogP contribution in [0.3, 0.4) is 0 Å². The molecule has 0 bridgehead atoms. The molecular formula is C17H23N3O2. The van der Waals surface area contributed by atoms with E-state index in [1.807, 2.05) is 37.3 Å². The number of aliphatic hydroxyl groups is 1. The first-order chi connectivity index (χ1) is 10.8. The highest BCUT2D eigenvalue weighted by Gasteiger charge is 2.30. The van der Waals surface area contributed by atoms with E-state index < -0.39 is 0 Å². The molecule has 5 heteroatoms. The fourth-order valence-corrected chi connectivity index (χ4v) is 2.93. The molecule has 22 heavy (non-hydrogen) atoms. The first-order valence-electron chi connectivity index (χ1n) is 7.71. The van der Waals surface area contributed by atoms with Crippen molar-refractivity contribution in [3.05, 3.63) is 59.0 Å². The summed E-state index contributed by atoms with van der Waals surface area (Å²) in [5.74, 6) is 2.34. The molecule has 0 spiro atoms. The molecule has 4 N–H and O–H groups in total. The second kappa shape index (κ2) is 7.07. The van der Waals surface area contributed by atoms with Crippen LogP contribution in [0.1, 0.15) is 28.7 Å². The minimum Gasteiger partial charge on any atom is -0.465 e. The van der Waals surface area contributed by atoms with Crippen LogP contribution < -0.4 is 16.2 Å². The third-order valence-electron chi connectivity index (χ3n) is 4.17. The van der Waals surface area contributed by atoms with Gasteiger partial charge in [0.25, 0.3) is 0 Å². The predicted octanol–water partition coefficient (Wildman–Crippen LogP) is 1.64. The smallest absolute Gasteiger partial charge is 0.122 e. The lowest BCUT2D eigenvalue weighted by Crippen LogP contribution is -2.28. The van der Waals surface area contributed by atoms with Crippen LogP contribution in [-0.2, 0) is 13.2 Å². The highest BCUT2D eigenvalue weighted by Crippen LogP contribution is 2.26. The maximum atomic E-state index is 9.36. The van der Waals surface area contributed by atoms with Crippen molar-refractivity contribution >= 4 is 0 Å². The summed E-state index contributed by atoms with van der Waals surface area (Å²) in [6.07, 6.45) is 0. The second-order valence-electron chi connectivity index (χ2n) is 5.77. The number of hydrogen-bond donors (Lipinski definition) is 4. The molecule has 1 aliphatic heterocycles. The predicted molar refractivity (Wildman–Crippen MR) is 84.9 cm³/mol. The molecule has 0 radical (unpaired) electrons. The molecule has 2 unspecified atom stereocenters. The van der Waals surface area contributed by atoms with Crippen LogP contribution in [-0.4, -0.2) is 18.2 Å². The third kappa shape index (κ3) is 3.39. The van der Waals surface area contributed by atoms with Crippen molar-refractivity contribution in [1.29, 1.82) is 0 Å². The summed E-state index contributed by atoms with van der Waals surface area (Å²) in [4.78, 5) is 0. The van der Waals surface area contributed by atoms with E-state index in [9.17, 15) is 5.11 Å². The van der Waals surface area contributed by atoms with Gasteiger partial charge in [-0.1, -0.05) is 24.3 Å². The van der Waals surface area contributed by atoms with Gasteiger partial charge in [-0.05, 0) is 30.2 Å². The average molecular weight is 301 g/mol. The van der Waals surface area contributed by atoms with Gasteiger partial charge in [0, 0.05) is 25.6 Å². The van der Waals surface area contributed by atoms with Crippen molar-refractivity contribution in [2.24, 2.45) is 5.92 Å². The van der Waals surface area contributed by atoms with Crippen molar-refractivity contribution in [3.8, 4) is 0 Å². The molecule has 0 amide bonds. The van der Waals surface area contributed by atoms with E-state index in [0.717, 1.165) is 42.3 Å². The molecule has 3 rings (SSSR count). The number of hydrazine groups is 1. The lowest BCUT2D eigenvalue weighted by Gasteiger charge is -2.17. The molecule has 1 saturated heterocycles. The molecule has 0 saturated carbocycles. The molecule has 1 aromatic carbocycles. The number of furan rings is 1. The highest BCUT2D eigenvalue weighted by molar-refractivity contribution is 5.26. The van der Waals surface area contributed by atoms with Crippen LogP contribution >= 0.6 is 0 Å². The zero-order valence-corrected chi connectivity index (χ0v) is 12.8. The van der Waals surface area contributed by atoms with E-state index >= 15 is 0 Å². The zero-order valence-electron chi connectivity index (χ0n) is 12.8. The van der Waals surface area contributed by atoms with Crippen LogP contribution in [0, 0.1) is 12.8 Å². The van der Waals surface area contributed by atoms with Crippen LogP contribution in [0.5, 0.6) is 0 Å². The van der Waals surface area contributed by atoms with Crippen molar-refractivity contribution in [2.75, 3.05) is 13.1 Å². The van der Waals surface area contributed by atoms with Gasteiger partial charge >= 0.3 is 0 Å². The van der Waals surface area contributed by atoms with Crippen LogP contribution in [0.4, 0.5) is 0 Å². The fourth-order valence-electron chi connectivity index (χ4n) is 2.93. The summed E-state index contributed by atoms with van der Waals surface area (Å²) in [5.41, 5.74) is 8.62. The van der Waals surface area contributed by atoms with E-state index in [1.165, 1.54) is 0 Å². The van der Waals surface area contributed by atoms with Gasteiger partial charge in [-0.3, -0.25) is 5.43 Å². The Labute approximate surface area is 130 Å². The molecule has 118 valence electrons. The Morgan fingerprint density at radius 3 is 2.77 bits per heavy atom. The normalized spacial score (nSPS) is 21.4. The quantitative estimate of drug-likeness (QED) is 0.653. The highest BCUT2D eigenvalue weighted by atomic mass is 16.3. The molecule has 2 aromatic rings. The first-order valence-corrected chi connectivity index (χ1v) is 7.71. The molecule has 0 aliphatic carbocycles. The Kier molecular flexibility index (Phi) is 4.90. The van der Waals surface area contributed by atoms with Gasteiger partial charge in [-0.2, -0.15) is 0 Å². The summed E-state index contributed by atoms with van der Waals surface area (Å²) in [5, 5.41) is 12.9. The summed E-state index contributed by atoms with van der Waals surface area (Å²) < 4.78 is 5.74. The number of rotatable bonds is 6. The van der Waals surface area contributed by atoms with E-state index in [0.29, 0.717) is 5.92 Å². The number of aliphatic hydroxyl groups excluding tert-OH is 1. The van der Waals surface area contributed by atoms with Gasteiger partial charge in [0.2, 0.25) is 0 Å². The van der Waals surface area contributed by atoms with Gasteiger partial charge in [-0.25, -0.2) is 5.43 Å². The Morgan fingerprint density at radius 1 is 1.23 bits per heavy atom.